The molecule has 1 heterocycles. The molecule has 11 aromatic carbocycles. The van der Waals surface area contributed by atoms with Gasteiger partial charge in [-0.05, 0) is 126 Å². The first-order chi connectivity index (χ1) is 31.7. The molecule has 0 saturated heterocycles. The molecule has 0 spiro atoms. The van der Waals surface area contributed by atoms with E-state index in [1.807, 2.05) is 12.1 Å². The largest absolute Gasteiger partial charge is 0.455 e. The number of rotatable bonds is 8. The number of hydrogen-bond acceptors (Lipinski definition) is 2. The number of nitrogens with zero attached hydrogens (tertiary/aromatic N) is 1. The van der Waals surface area contributed by atoms with Gasteiger partial charge in [0.1, 0.15) is 11.2 Å². The van der Waals surface area contributed by atoms with Gasteiger partial charge in [0.2, 0.25) is 0 Å². The Bertz CT molecular complexity index is 3640. The topological polar surface area (TPSA) is 16.4 Å². The third-order valence-corrected chi connectivity index (χ3v) is 12.7. The number of anilines is 3. The van der Waals surface area contributed by atoms with Crippen LogP contribution in [0.1, 0.15) is 0 Å². The summed E-state index contributed by atoms with van der Waals surface area (Å²) in [5.74, 6) is 0. The van der Waals surface area contributed by atoms with Crippen LogP contribution in [0.2, 0.25) is 0 Å². The summed E-state index contributed by atoms with van der Waals surface area (Å²) in [6.07, 6.45) is 0. The van der Waals surface area contributed by atoms with E-state index in [2.05, 4.69) is 241 Å². The number of para-hydroxylation sites is 2. The summed E-state index contributed by atoms with van der Waals surface area (Å²) in [6, 6.07) is 89.7. The van der Waals surface area contributed by atoms with Crippen molar-refractivity contribution >= 4 is 60.5 Å². The second-order valence-corrected chi connectivity index (χ2v) is 16.5. The van der Waals surface area contributed by atoms with Crippen molar-refractivity contribution in [2.24, 2.45) is 0 Å². The monoisotopic (exact) mass is 815 g/mol. The Labute approximate surface area is 372 Å². The summed E-state index contributed by atoms with van der Waals surface area (Å²) < 4.78 is 6.44. The van der Waals surface area contributed by atoms with Crippen molar-refractivity contribution in [1.82, 2.24) is 0 Å². The van der Waals surface area contributed by atoms with Gasteiger partial charge in [-0.15, -0.1) is 0 Å². The van der Waals surface area contributed by atoms with E-state index in [-0.39, 0.29) is 0 Å². The molecule has 2 heteroatoms. The van der Waals surface area contributed by atoms with Crippen molar-refractivity contribution in [3.8, 4) is 55.6 Å². The highest BCUT2D eigenvalue weighted by Gasteiger charge is 2.17. The highest BCUT2D eigenvalue weighted by molar-refractivity contribution is 6.09. The summed E-state index contributed by atoms with van der Waals surface area (Å²) in [5.41, 5.74) is 16.8. The van der Waals surface area contributed by atoms with Crippen LogP contribution in [0.4, 0.5) is 17.1 Å². The van der Waals surface area contributed by atoms with E-state index in [0.717, 1.165) is 55.7 Å². The SMILES string of the molecule is c1cc(-c2ccc(-c3ccc(-c4ccc5ccccc5c4)cc3)cc2)cc(N(c2ccc(-c3ccc4ccccc4c3)cc2)c2ccc(-c3cccc4c3oc3ccccc34)cc2)c1. The average Bonchev–Trinajstić information content (AvgIpc) is 3.76. The molecule has 1 aromatic heterocycles. The summed E-state index contributed by atoms with van der Waals surface area (Å²) in [7, 11) is 0. The molecule has 0 aliphatic rings. The van der Waals surface area contributed by atoms with Crippen molar-refractivity contribution in [3.63, 3.8) is 0 Å². The maximum Gasteiger partial charge on any atom is 0.143 e. The number of fused-ring (bicyclic) bond motifs is 5. The Hall–Kier alpha value is -8.46. The van der Waals surface area contributed by atoms with Crippen LogP contribution >= 0.6 is 0 Å². The molecule has 0 bridgehead atoms. The molecule has 0 amide bonds. The highest BCUT2D eigenvalue weighted by atomic mass is 16.3. The van der Waals surface area contributed by atoms with Gasteiger partial charge in [-0.1, -0.05) is 194 Å². The van der Waals surface area contributed by atoms with Crippen LogP contribution in [-0.2, 0) is 0 Å². The van der Waals surface area contributed by atoms with E-state index in [4.69, 9.17) is 4.42 Å². The molecule has 12 rings (SSSR count). The van der Waals surface area contributed by atoms with Crippen molar-refractivity contribution < 1.29 is 4.42 Å². The normalized spacial score (nSPS) is 11.4. The van der Waals surface area contributed by atoms with E-state index in [9.17, 15) is 0 Å². The minimum absolute atomic E-state index is 0.904. The standard InChI is InChI=1S/C62H41NO/c1-3-11-50-39-53(29-27-42(50)9-1)47-25-21-45(22-26-47)44-19-23-46(24-20-44)52-13-7-14-57(41-52)63(55-35-31-48(32-36-55)54-30-28-43-10-2-4-12-51(43)40-54)56-37-33-49(34-38-56)58-16-8-17-60-59-15-5-6-18-61(59)64-62(58)60/h1-41H. The summed E-state index contributed by atoms with van der Waals surface area (Å²) in [6.45, 7) is 0. The fourth-order valence-corrected chi connectivity index (χ4v) is 9.29. The summed E-state index contributed by atoms with van der Waals surface area (Å²) >= 11 is 0. The van der Waals surface area contributed by atoms with Gasteiger partial charge in [0.25, 0.3) is 0 Å². The van der Waals surface area contributed by atoms with Gasteiger partial charge in [0.05, 0.1) is 0 Å². The number of furan rings is 1. The Morgan fingerprint density at radius 1 is 0.250 bits per heavy atom. The van der Waals surface area contributed by atoms with Crippen molar-refractivity contribution in [1.29, 1.82) is 0 Å². The van der Waals surface area contributed by atoms with Crippen LogP contribution in [0.25, 0.3) is 99.1 Å². The Morgan fingerprint density at radius 3 is 1.25 bits per heavy atom. The zero-order chi connectivity index (χ0) is 42.4. The molecule has 0 aliphatic carbocycles. The molecular weight excluding hydrogens is 775 g/mol. The third kappa shape index (κ3) is 6.88. The molecule has 0 N–H and O–H groups in total. The fraction of sp³-hybridized carbons (Fsp3) is 0. The molecule has 300 valence electrons. The second kappa shape index (κ2) is 15.8. The zero-order valence-electron chi connectivity index (χ0n) is 35.0. The Kier molecular flexibility index (Phi) is 9.20. The minimum atomic E-state index is 0.904. The maximum absolute atomic E-state index is 6.44. The molecule has 64 heavy (non-hydrogen) atoms. The Balaban J connectivity index is 0.875. The van der Waals surface area contributed by atoms with Crippen LogP contribution in [0, 0.1) is 0 Å². The molecular formula is C62H41NO. The van der Waals surface area contributed by atoms with Gasteiger partial charge in [-0.2, -0.15) is 0 Å². The van der Waals surface area contributed by atoms with Crippen LogP contribution in [-0.4, -0.2) is 0 Å². The Morgan fingerprint density at radius 2 is 0.672 bits per heavy atom. The summed E-state index contributed by atoms with van der Waals surface area (Å²) in [4.78, 5) is 2.35. The smallest absolute Gasteiger partial charge is 0.143 e. The van der Waals surface area contributed by atoms with E-state index < -0.39 is 0 Å². The maximum atomic E-state index is 6.44. The number of benzene rings is 11. The van der Waals surface area contributed by atoms with Gasteiger partial charge in [-0.25, -0.2) is 0 Å². The van der Waals surface area contributed by atoms with Crippen molar-refractivity contribution in [2.75, 3.05) is 4.90 Å². The van der Waals surface area contributed by atoms with Crippen LogP contribution < -0.4 is 4.90 Å². The molecule has 0 fully saturated rings. The van der Waals surface area contributed by atoms with Crippen LogP contribution in [0.5, 0.6) is 0 Å². The molecule has 0 unspecified atom stereocenters. The van der Waals surface area contributed by atoms with Gasteiger partial charge in [0, 0.05) is 33.4 Å². The van der Waals surface area contributed by atoms with Crippen molar-refractivity contribution in [3.05, 3.63) is 249 Å². The van der Waals surface area contributed by atoms with Gasteiger partial charge in [-0.3, -0.25) is 0 Å². The van der Waals surface area contributed by atoms with Gasteiger partial charge >= 0.3 is 0 Å². The lowest BCUT2D eigenvalue weighted by Crippen LogP contribution is -2.10. The van der Waals surface area contributed by atoms with E-state index in [1.54, 1.807) is 0 Å². The summed E-state index contributed by atoms with van der Waals surface area (Å²) in [5, 5.41) is 7.27. The minimum Gasteiger partial charge on any atom is -0.455 e. The average molecular weight is 816 g/mol. The predicted octanol–water partition coefficient (Wildman–Crippen LogP) is 17.7. The zero-order valence-corrected chi connectivity index (χ0v) is 35.0. The van der Waals surface area contributed by atoms with Crippen molar-refractivity contribution in [2.45, 2.75) is 0 Å². The molecule has 0 saturated carbocycles. The fourth-order valence-electron chi connectivity index (χ4n) is 9.29. The molecule has 0 atom stereocenters. The van der Waals surface area contributed by atoms with E-state index in [1.165, 1.54) is 60.5 Å². The van der Waals surface area contributed by atoms with Gasteiger partial charge < -0.3 is 9.32 Å². The molecule has 2 nitrogen and oxygen atoms in total. The predicted molar refractivity (Wildman–Crippen MR) is 271 cm³/mol. The van der Waals surface area contributed by atoms with E-state index in [0.29, 0.717) is 0 Å². The number of hydrogen-bond donors (Lipinski definition) is 0. The molecule has 12 aromatic rings. The quantitative estimate of drug-likeness (QED) is 0.152. The first-order valence-corrected chi connectivity index (χ1v) is 21.9. The molecule has 0 aliphatic heterocycles. The van der Waals surface area contributed by atoms with Gasteiger partial charge in [0.15, 0.2) is 0 Å². The molecule has 0 radical (unpaired) electrons. The van der Waals surface area contributed by atoms with E-state index >= 15 is 0 Å². The highest BCUT2D eigenvalue weighted by Crippen LogP contribution is 2.41. The first kappa shape index (κ1) is 37.3. The first-order valence-electron chi connectivity index (χ1n) is 21.9. The third-order valence-electron chi connectivity index (χ3n) is 12.7. The lowest BCUT2D eigenvalue weighted by molar-refractivity contribution is 0.670. The second-order valence-electron chi connectivity index (χ2n) is 16.5. The lowest BCUT2D eigenvalue weighted by Gasteiger charge is -2.26. The van der Waals surface area contributed by atoms with Crippen LogP contribution in [0.3, 0.4) is 0 Å². The van der Waals surface area contributed by atoms with Crippen LogP contribution in [0.15, 0.2) is 253 Å². The lowest BCUT2D eigenvalue weighted by atomic mass is 9.97.